The molecule has 0 aliphatic rings. The molecule has 0 unspecified atom stereocenters. The summed E-state index contributed by atoms with van der Waals surface area (Å²) in [6, 6.07) is 17.7. The van der Waals surface area contributed by atoms with E-state index in [0.29, 0.717) is 40.2 Å². The van der Waals surface area contributed by atoms with Crippen LogP contribution in [-0.4, -0.2) is 12.0 Å². The number of hydrogen-bond acceptors (Lipinski definition) is 5. The van der Waals surface area contributed by atoms with Crippen molar-refractivity contribution in [2.75, 3.05) is 7.11 Å². The van der Waals surface area contributed by atoms with Crippen LogP contribution in [0, 0.1) is 27.3 Å². The van der Waals surface area contributed by atoms with Crippen molar-refractivity contribution in [2.45, 2.75) is 13.0 Å². The van der Waals surface area contributed by atoms with Crippen LogP contribution in [0.2, 0.25) is 0 Å². The van der Waals surface area contributed by atoms with Gasteiger partial charge in [-0.1, -0.05) is 18.2 Å². The lowest BCUT2D eigenvalue weighted by molar-refractivity contribution is -0.384. The molecule has 0 aliphatic carbocycles. The summed E-state index contributed by atoms with van der Waals surface area (Å²) in [6.07, 6.45) is 3.88. The zero-order chi connectivity index (χ0) is 23.8. The van der Waals surface area contributed by atoms with Gasteiger partial charge in [0.25, 0.3) is 5.69 Å². The van der Waals surface area contributed by atoms with Gasteiger partial charge in [-0.05, 0) is 65.6 Å². The number of rotatable bonds is 9. The molecule has 0 saturated heterocycles. The smallest absolute Gasteiger partial charge is 0.269 e. The van der Waals surface area contributed by atoms with E-state index < -0.39 is 4.92 Å². The topological polar surface area (TPSA) is 85.4 Å². The molecule has 3 aromatic rings. The predicted molar refractivity (Wildman–Crippen MR) is 124 cm³/mol. The second kappa shape index (κ2) is 10.7. The Hall–Kier alpha value is -4.44. The van der Waals surface area contributed by atoms with E-state index in [1.54, 1.807) is 30.4 Å². The summed E-state index contributed by atoms with van der Waals surface area (Å²) in [6.45, 7) is 3.94. The lowest BCUT2D eigenvalue weighted by atomic mass is 10.0. The van der Waals surface area contributed by atoms with E-state index >= 15 is 0 Å². The first-order chi connectivity index (χ1) is 15.9. The number of benzene rings is 3. The zero-order valence-corrected chi connectivity index (χ0v) is 18.0. The average Bonchev–Trinajstić information content (AvgIpc) is 2.81. The van der Waals surface area contributed by atoms with Crippen LogP contribution in [0.5, 0.6) is 11.5 Å². The van der Waals surface area contributed by atoms with Crippen LogP contribution >= 0.6 is 0 Å². The summed E-state index contributed by atoms with van der Waals surface area (Å²) < 4.78 is 25.0. The lowest BCUT2D eigenvalue weighted by Crippen LogP contribution is -2.02. The van der Waals surface area contributed by atoms with Gasteiger partial charge >= 0.3 is 0 Å². The molecule has 0 saturated carbocycles. The highest BCUT2D eigenvalue weighted by Gasteiger charge is 2.14. The maximum atomic E-state index is 13.5. The standard InChI is InChI=1S/C26H21FN2O4/c1-3-5-21-12-19(13-22(16-28)20-8-10-24(11-9-20)29(30)31)15-25(32-2)26(21)33-17-18-6-4-7-23(27)14-18/h3-4,6-15H,1,5,17H2,2H3/b22-13+. The van der Waals surface area contributed by atoms with Crippen molar-refractivity contribution in [3.05, 3.63) is 112 Å². The van der Waals surface area contributed by atoms with Gasteiger partial charge in [0.15, 0.2) is 11.5 Å². The number of nitriles is 1. The van der Waals surface area contributed by atoms with E-state index in [1.165, 1.54) is 43.5 Å². The Bertz CT molecular complexity index is 1240. The van der Waals surface area contributed by atoms with E-state index in [9.17, 15) is 19.8 Å². The van der Waals surface area contributed by atoms with Crippen LogP contribution in [0.15, 0.2) is 73.3 Å². The number of hydrogen-bond donors (Lipinski definition) is 0. The second-order valence-corrected chi connectivity index (χ2v) is 7.10. The van der Waals surface area contributed by atoms with E-state index in [1.807, 2.05) is 6.07 Å². The van der Waals surface area contributed by atoms with Gasteiger partial charge in [-0.2, -0.15) is 5.26 Å². The number of methoxy groups -OCH3 is 1. The Balaban J connectivity index is 1.96. The van der Waals surface area contributed by atoms with Crippen molar-refractivity contribution < 1.29 is 18.8 Å². The quantitative estimate of drug-likeness (QED) is 0.131. The van der Waals surface area contributed by atoms with Gasteiger partial charge in [-0.3, -0.25) is 10.1 Å². The first-order valence-corrected chi connectivity index (χ1v) is 10.0. The molecule has 0 atom stereocenters. The van der Waals surface area contributed by atoms with Gasteiger partial charge in [0.1, 0.15) is 12.4 Å². The second-order valence-electron chi connectivity index (χ2n) is 7.10. The number of non-ortho nitro benzene ring substituents is 1. The molecule has 0 N–H and O–H groups in total. The van der Waals surface area contributed by atoms with Crippen molar-refractivity contribution in [1.82, 2.24) is 0 Å². The fraction of sp³-hybridized carbons (Fsp3) is 0.115. The SMILES string of the molecule is C=CCc1cc(/C=C(\C#N)c2ccc([N+](=O)[O-])cc2)cc(OC)c1OCc1cccc(F)c1. The van der Waals surface area contributed by atoms with Gasteiger partial charge in [0, 0.05) is 17.7 Å². The summed E-state index contributed by atoms with van der Waals surface area (Å²) in [5.74, 6) is 0.621. The van der Waals surface area contributed by atoms with Crippen molar-refractivity contribution in [2.24, 2.45) is 0 Å². The lowest BCUT2D eigenvalue weighted by Gasteiger charge is -2.16. The molecule has 166 valence electrons. The monoisotopic (exact) mass is 444 g/mol. The van der Waals surface area contributed by atoms with Gasteiger partial charge in [-0.25, -0.2) is 4.39 Å². The first-order valence-electron chi connectivity index (χ1n) is 10.0. The fourth-order valence-corrected chi connectivity index (χ4v) is 3.28. The minimum absolute atomic E-state index is 0.0502. The Labute approximate surface area is 191 Å². The molecule has 0 aromatic heterocycles. The molecule has 0 heterocycles. The minimum atomic E-state index is -0.492. The summed E-state index contributed by atoms with van der Waals surface area (Å²) >= 11 is 0. The number of ether oxygens (including phenoxy) is 2. The highest BCUT2D eigenvalue weighted by Crippen LogP contribution is 2.35. The van der Waals surface area contributed by atoms with Crippen molar-refractivity contribution in [3.63, 3.8) is 0 Å². The van der Waals surface area contributed by atoms with Crippen LogP contribution in [0.1, 0.15) is 22.3 Å². The van der Waals surface area contributed by atoms with Crippen molar-refractivity contribution in [3.8, 4) is 17.6 Å². The van der Waals surface area contributed by atoms with Crippen LogP contribution in [-0.2, 0) is 13.0 Å². The predicted octanol–water partition coefficient (Wildman–Crippen LogP) is 6.11. The third-order valence-electron chi connectivity index (χ3n) is 4.83. The molecule has 0 fully saturated rings. The molecular formula is C26H21FN2O4. The number of nitrogens with zero attached hydrogens (tertiary/aromatic N) is 2. The fourth-order valence-electron chi connectivity index (χ4n) is 3.28. The molecule has 0 amide bonds. The summed E-state index contributed by atoms with van der Waals surface area (Å²) in [5.41, 5.74) is 3.00. The Morgan fingerprint density at radius 2 is 1.97 bits per heavy atom. The normalized spacial score (nSPS) is 10.9. The van der Waals surface area contributed by atoms with Crippen molar-refractivity contribution in [1.29, 1.82) is 5.26 Å². The molecule has 0 spiro atoms. The third kappa shape index (κ3) is 5.83. The van der Waals surface area contributed by atoms with E-state index in [0.717, 1.165) is 5.56 Å². The largest absolute Gasteiger partial charge is 0.493 e. The number of allylic oxidation sites excluding steroid dienone is 2. The van der Waals surface area contributed by atoms with E-state index in [2.05, 4.69) is 12.6 Å². The van der Waals surface area contributed by atoms with Crippen molar-refractivity contribution >= 4 is 17.3 Å². The molecule has 0 bridgehead atoms. The van der Waals surface area contributed by atoms with Crippen LogP contribution in [0.3, 0.4) is 0 Å². The van der Waals surface area contributed by atoms with E-state index in [-0.39, 0.29) is 18.1 Å². The Kier molecular flexibility index (Phi) is 7.55. The highest BCUT2D eigenvalue weighted by molar-refractivity contribution is 5.90. The highest BCUT2D eigenvalue weighted by atomic mass is 19.1. The van der Waals surface area contributed by atoms with Gasteiger partial charge in [-0.15, -0.1) is 6.58 Å². The molecule has 3 rings (SSSR count). The number of nitro groups is 1. The molecular weight excluding hydrogens is 423 g/mol. The molecule has 0 aliphatic heterocycles. The van der Waals surface area contributed by atoms with Gasteiger partial charge in [0.2, 0.25) is 0 Å². The maximum Gasteiger partial charge on any atom is 0.269 e. The molecule has 33 heavy (non-hydrogen) atoms. The van der Waals surface area contributed by atoms with Crippen LogP contribution in [0.4, 0.5) is 10.1 Å². The number of nitro benzene ring substituents is 1. The summed E-state index contributed by atoms with van der Waals surface area (Å²) in [7, 11) is 1.51. The zero-order valence-electron chi connectivity index (χ0n) is 18.0. The summed E-state index contributed by atoms with van der Waals surface area (Å²) in [4.78, 5) is 10.4. The van der Waals surface area contributed by atoms with Gasteiger partial charge < -0.3 is 9.47 Å². The molecule has 0 radical (unpaired) electrons. The Morgan fingerprint density at radius 3 is 2.58 bits per heavy atom. The average molecular weight is 444 g/mol. The third-order valence-corrected chi connectivity index (χ3v) is 4.83. The van der Waals surface area contributed by atoms with Gasteiger partial charge in [0.05, 0.1) is 23.7 Å². The first kappa shape index (κ1) is 23.2. The van der Waals surface area contributed by atoms with Crippen LogP contribution < -0.4 is 9.47 Å². The molecule has 7 heteroatoms. The summed E-state index contributed by atoms with van der Waals surface area (Å²) in [5, 5.41) is 20.5. The maximum absolute atomic E-state index is 13.5. The molecule has 3 aromatic carbocycles. The number of halogens is 1. The Morgan fingerprint density at radius 1 is 1.21 bits per heavy atom. The minimum Gasteiger partial charge on any atom is -0.493 e. The van der Waals surface area contributed by atoms with E-state index in [4.69, 9.17) is 9.47 Å². The van der Waals surface area contributed by atoms with Crippen LogP contribution in [0.25, 0.3) is 11.6 Å². The molecule has 6 nitrogen and oxygen atoms in total.